The topological polar surface area (TPSA) is 65.0 Å². The quantitative estimate of drug-likeness (QED) is 0.138. The molecule has 1 aromatic carbocycles. The number of fused-ring (bicyclic) bond motifs is 1. The van der Waals surface area contributed by atoms with Gasteiger partial charge in [0.05, 0.1) is 6.10 Å². The number of carbonyl (C=O) groups is 1. The van der Waals surface area contributed by atoms with Gasteiger partial charge in [0, 0.05) is 30.5 Å². The number of rotatable bonds is 17. The zero-order chi connectivity index (χ0) is 25.3. The van der Waals surface area contributed by atoms with Crippen LogP contribution >= 0.6 is 0 Å². The molecule has 1 aliphatic rings. The molecule has 1 atom stereocenters. The van der Waals surface area contributed by atoms with Crippen LogP contribution in [0, 0.1) is 0 Å². The maximum absolute atomic E-state index is 12.3. The maximum atomic E-state index is 12.3. The van der Waals surface area contributed by atoms with Crippen LogP contribution < -0.4 is 9.47 Å². The Hall–Kier alpha value is -2.43. The summed E-state index contributed by atoms with van der Waals surface area (Å²) in [7, 11) is 0. The Kier molecular flexibility index (Phi) is 14.1. The van der Waals surface area contributed by atoms with Crippen LogP contribution in [-0.4, -0.2) is 29.9 Å². The van der Waals surface area contributed by atoms with E-state index in [4.69, 9.17) is 14.2 Å². The first-order valence-electron chi connectivity index (χ1n) is 13.6. The zero-order valence-corrected chi connectivity index (χ0v) is 22.1. The van der Waals surface area contributed by atoms with Crippen molar-refractivity contribution in [3.8, 4) is 17.2 Å². The van der Waals surface area contributed by atoms with Gasteiger partial charge >= 0.3 is 5.97 Å². The molecule has 0 saturated carbocycles. The Morgan fingerprint density at radius 1 is 1.03 bits per heavy atom. The van der Waals surface area contributed by atoms with E-state index in [9.17, 15) is 9.90 Å². The van der Waals surface area contributed by atoms with E-state index in [2.05, 4.69) is 31.2 Å². The average Bonchev–Trinajstić information content (AvgIpc) is 2.81. The minimum atomic E-state index is -0.327. The minimum Gasteiger partial charge on any atom is -0.508 e. The van der Waals surface area contributed by atoms with E-state index in [-0.39, 0.29) is 23.9 Å². The van der Waals surface area contributed by atoms with E-state index >= 15 is 0 Å². The van der Waals surface area contributed by atoms with Crippen LogP contribution in [0.2, 0.25) is 0 Å². The lowest BCUT2D eigenvalue weighted by Gasteiger charge is -2.27. The van der Waals surface area contributed by atoms with Gasteiger partial charge in [0.15, 0.2) is 0 Å². The third-order valence-electron chi connectivity index (χ3n) is 6.00. The van der Waals surface area contributed by atoms with Crippen molar-refractivity contribution < 1.29 is 24.1 Å². The minimum absolute atomic E-state index is 0.0258. The maximum Gasteiger partial charge on any atom is 0.306 e. The second-order valence-electron chi connectivity index (χ2n) is 9.69. The SMILES string of the molecule is CCCCC/C=C\C/C=C\CCCCCCCC(=O)O[C@@H]1COc2cc(O)cc(OC(C)C)c2C1. The van der Waals surface area contributed by atoms with Crippen molar-refractivity contribution in [1.82, 2.24) is 0 Å². The van der Waals surface area contributed by atoms with Crippen LogP contribution in [0.15, 0.2) is 36.4 Å². The second kappa shape index (κ2) is 17.1. The monoisotopic (exact) mass is 486 g/mol. The molecule has 5 heteroatoms. The van der Waals surface area contributed by atoms with Gasteiger partial charge in [-0.2, -0.15) is 0 Å². The molecule has 0 fully saturated rings. The van der Waals surface area contributed by atoms with Crippen LogP contribution in [0.25, 0.3) is 0 Å². The Bertz CT molecular complexity index is 796. The molecular formula is C30H46O5. The van der Waals surface area contributed by atoms with Crippen molar-refractivity contribution >= 4 is 5.97 Å². The lowest BCUT2D eigenvalue weighted by Crippen LogP contribution is -2.31. The van der Waals surface area contributed by atoms with E-state index in [1.807, 2.05) is 13.8 Å². The number of allylic oxidation sites excluding steroid dienone is 4. The van der Waals surface area contributed by atoms with E-state index < -0.39 is 0 Å². The lowest BCUT2D eigenvalue weighted by atomic mass is 10.0. The predicted octanol–water partition coefficient (Wildman–Crippen LogP) is 7.84. The molecule has 0 radical (unpaired) electrons. The van der Waals surface area contributed by atoms with Crippen molar-refractivity contribution in [2.45, 2.75) is 116 Å². The van der Waals surface area contributed by atoms with Crippen molar-refractivity contribution in [2.75, 3.05) is 6.61 Å². The number of aromatic hydroxyl groups is 1. The molecule has 196 valence electrons. The predicted molar refractivity (Wildman–Crippen MR) is 142 cm³/mol. The molecule has 0 unspecified atom stereocenters. The first-order valence-corrected chi connectivity index (χ1v) is 13.6. The number of benzene rings is 1. The number of phenolic OH excluding ortho intramolecular Hbond substituents is 1. The highest BCUT2D eigenvalue weighted by Gasteiger charge is 2.27. The normalized spacial score (nSPS) is 15.5. The fourth-order valence-electron chi connectivity index (χ4n) is 4.17. The summed E-state index contributed by atoms with van der Waals surface area (Å²) in [5, 5.41) is 9.90. The zero-order valence-electron chi connectivity index (χ0n) is 22.1. The van der Waals surface area contributed by atoms with E-state index in [0.717, 1.165) is 37.7 Å². The molecule has 0 amide bonds. The number of carbonyl (C=O) groups excluding carboxylic acids is 1. The first kappa shape index (κ1) is 28.8. The van der Waals surface area contributed by atoms with Crippen molar-refractivity contribution in [3.05, 3.63) is 42.0 Å². The van der Waals surface area contributed by atoms with Crippen LogP contribution in [0.1, 0.15) is 103 Å². The molecule has 1 aliphatic heterocycles. The summed E-state index contributed by atoms with van der Waals surface area (Å²) >= 11 is 0. The fraction of sp³-hybridized carbons (Fsp3) is 0.633. The Morgan fingerprint density at radius 2 is 1.71 bits per heavy atom. The highest BCUT2D eigenvalue weighted by Crippen LogP contribution is 2.38. The molecule has 0 saturated heterocycles. The number of ether oxygens (including phenoxy) is 3. The smallest absolute Gasteiger partial charge is 0.306 e. The summed E-state index contributed by atoms with van der Waals surface area (Å²) in [6, 6.07) is 3.18. The standard InChI is InChI=1S/C30H46O5/c1-4-5-6-7-8-9-10-11-12-13-14-15-16-17-18-19-30(32)35-26-22-27-28(33-23-26)20-25(31)21-29(27)34-24(2)3/h8-9,11-12,20-21,24,26,31H,4-7,10,13-19,22-23H2,1-3H3/b9-8-,12-11-/t26-/m0/s1. The van der Waals surface area contributed by atoms with Gasteiger partial charge in [-0.1, -0.05) is 63.3 Å². The van der Waals surface area contributed by atoms with Gasteiger partial charge in [-0.05, 0) is 52.4 Å². The molecule has 2 rings (SSSR count). The number of esters is 1. The Balaban J connectivity index is 1.54. The summed E-state index contributed by atoms with van der Waals surface area (Å²) in [5.41, 5.74) is 0.845. The first-order chi connectivity index (χ1) is 17.0. The molecule has 1 heterocycles. The van der Waals surface area contributed by atoms with Crippen LogP contribution in [0.3, 0.4) is 0 Å². The lowest BCUT2D eigenvalue weighted by molar-refractivity contribution is -0.151. The highest BCUT2D eigenvalue weighted by atomic mass is 16.6. The number of hydrogen-bond donors (Lipinski definition) is 1. The van der Waals surface area contributed by atoms with Gasteiger partial charge in [0.2, 0.25) is 0 Å². The van der Waals surface area contributed by atoms with Gasteiger partial charge < -0.3 is 19.3 Å². The van der Waals surface area contributed by atoms with Crippen LogP contribution in [0.4, 0.5) is 0 Å². The van der Waals surface area contributed by atoms with Gasteiger partial charge in [-0.15, -0.1) is 0 Å². The van der Waals surface area contributed by atoms with E-state index in [0.29, 0.717) is 30.9 Å². The Labute approximate surface area is 212 Å². The van der Waals surface area contributed by atoms with E-state index in [1.54, 1.807) is 12.1 Å². The summed E-state index contributed by atoms with van der Waals surface area (Å²) in [4.78, 5) is 12.3. The van der Waals surface area contributed by atoms with Crippen molar-refractivity contribution in [3.63, 3.8) is 0 Å². The Morgan fingerprint density at radius 3 is 2.43 bits per heavy atom. The molecule has 1 N–H and O–H groups in total. The van der Waals surface area contributed by atoms with E-state index in [1.165, 1.54) is 38.5 Å². The van der Waals surface area contributed by atoms with Gasteiger partial charge in [-0.25, -0.2) is 0 Å². The molecule has 35 heavy (non-hydrogen) atoms. The molecular weight excluding hydrogens is 440 g/mol. The number of unbranched alkanes of at least 4 members (excludes halogenated alkanes) is 8. The molecule has 0 aliphatic carbocycles. The largest absolute Gasteiger partial charge is 0.508 e. The van der Waals surface area contributed by atoms with Crippen molar-refractivity contribution in [1.29, 1.82) is 0 Å². The molecule has 0 spiro atoms. The molecule has 0 bridgehead atoms. The summed E-state index contributed by atoms with van der Waals surface area (Å²) < 4.78 is 17.2. The fourth-order valence-corrected chi connectivity index (χ4v) is 4.17. The number of phenols is 1. The van der Waals surface area contributed by atoms with Gasteiger partial charge in [-0.3, -0.25) is 4.79 Å². The van der Waals surface area contributed by atoms with Gasteiger partial charge in [0.25, 0.3) is 0 Å². The molecule has 0 aromatic heterocycles. The van der Waals surface area contributed by atoms with Crippen LogP contribution in [-0.2, 0) is 16.0 Å². The summed E-state index contributed by atoms with van der Waals surface area (Å²) in [6.45, 7) is 6.40. The van der Waals surface area contributed by atoms with Gasteiger partial charge in [0.1, 0.15) is 30.0 Å². The third-order valence-corrected chi connectivity index (χ3v) is 6.00. The van der Waals surface area contributed by atoms with Crippen LogP contribution in [0.5, 0.6) is 17.2 Å². The number of hydrogen-bond acceptors (Lipinski definition) is 5. The van der Waals surface area contributed by atoms with Crippen molar-refractivity contribution in [2.24, 2.45) is 0 Å². The third kappa shape index (κ3) is 12.2. The summed E-state index contributed by atoms with van der Waals surface area (Å²) in [6.07, 6.45) is 22.5. The summed E-state index contributed by atoms with van der Waals surface area (Å²) in [5.74, 6) is 1.13. The molecule has 1 aromatic rings. The second-order valence-corrected chi connectivity index (χ2v) is 9.69. The average molecular weight is 487 g/mol. The highest BCUT2D eigenvalue weighted by molar-refractivity contribution is 5.69. The molecule has 5 nitrogen and oxygen atoms in total.